The molecule has 3 aromatic rings. The highest BCUT2D eigenvalue weighted by Gasteiger charge is 2.39. The lowest BCUT2D eigenvalue weighted by Gasteiger charge is -2.35. The molecule has 1 saturated heterocycles. The number of aryl methyl sites for hydroxylation is 2. The molecule has 2 aliphatic heterocycles. The molecule has 37 heavy (non-hydrogen) atoms. The van der Waals surface area contributed by atoms with Crippen LogP contribution in [-0.2, 0) is 11.2 Å². The smallest absolute Gasteiger partial charge is 0.306 e. The topological polar surface area (TPSA) is 62.7 Å². The summed E-state index contributed by atoms with van der Waals surface area (Å²) < 4.78 is 21.3. The Balaban J connectivity index is 1.31. The SMILES string of the molecule is Cc1ccc(F)c(-c2ccc(C3CCc4ccc([C@H](C5CC5)[C@H](C)C(=O)O)cc4O3)nc2N2CCC2)c1. The zero-order valence-electron chi connectivity index (χ0n) is 21.4. The highest BCUT2D eigenvalue weighted by atomic mass is 19.1. The van der Waals surface area contributed by atoms with Crippen LogP contribution in [0.5, 0.6) is 5.75 Å². The van der Waals surface area contributed by atoms with Gasteiger partial charge in [0.15, 0.2) is 0 Å². The summed E-state index contributed by atoms with van der Waals surface area (Å²) in [5, 5.41) is 9.69. The van der Waals surface area contributed by atoms with Crippen molar-refractivity contribution in [2.75, 3.05) is 18.0 Å². The molecule has 1 unspecified atom stereocenters. The van der Waals surface area contributed by atoms with Gasteiger partial charge < -0.3 is 14.7 Å². The van der Waals surface area contributed by atoms with Crippen molar-refractivity contribution in [1.82, 2.24) is 4.98 Å². The van der Waals surface area contributed by atoms with E-state index in [1.54, 1.807) is 6.07 Å². The Kier molecular flexibility index (Phi) is 6.13. The number of ether oxygens (including phenoxy) is 1. The zero-order valence-corrected chi connectivity index (χ0v) is 21.4. The number of aromatic nitrogens is 1. The van der Waals surface area contributed by atoms with Crippen LogP contribution < -0.4 is 9.64 Å². The number of benzene rings is 2. The predicted octanol–water partition coefficient (Wildman–Crippen LogP) is 6.69. The zero-order chi connectivity index (χ0) is 25.7. The van der Waals surface area contributed by atoms with Crippen LogP contribution in [-0.4, -0.2) is 29.1 Å². The van der Waals surface area contributed by atoms with Crippen LogP contribution in [0.3, 0.4) is 0 Å². The number of halogens is 1. The molecule has 0 radical (unpaired) electrons. The monoisotopic (exact) mass is 500 g/mol. The largest absolute Gasteiger partial charge is 0.484 e. The number of fused-ring (bicyclic) bond motifs is 1. The van der Waals surface area contributed by atoms with Gasteiger partial charge in [0.05, 0.1) is 11.6 Å². The number of hydrogen-bond donors (Lipinski definition) is 1. The van der Waals surface area contributed by atoms with E-state index in [4.69, 9.17) is 9.72 Å². The molecule has 1 aliphatic carbocycles. The minimum atomic E-state index is -0.749. The van der Waals surface area contributed by atoms with E-state index in [0.717, 1.165) is 84.7 Å². The molecular formula is C31H33FN2O3. The van der Waals surface area contributed by atoms with E-state index < -0.39 is 11.9 Å². The molecule has 2 aromatic carbocycles. The van der Waals surface area contributed by atoms with Crippen molar-refractivity contribution in [2.24, 2.45) is 11.8 Å². The van der Waals surface area contributed by atoms with Crippen LogP contribution >= 0.6 is 0 Å². The summed E-state index contributed by atoms with van der Waals surface area (Å²) in [5.74, 6) is 0.670. The van der Waals surface area contributed by atoms with Gasteiger partial charge in [-0.05, 0) is 92.3 Å². The van der Waals surface area contributed by atoms with E-state index in [2.05, 4.69) is 23.1 Å². The van der Waals surface area contributed by atoms with Gasteiger partial charge in [0.2, 0.25) is 0 Å². The van der Waals surface area contributed by atoms with E-state index in [9.17, 15) is 14.3 Å². The van der Waals surface area contributed by atoms with Crippen LogP contribution in [0.2, 0.25) is 0 Å². The Labute approximate surface area is 217 Å². The average Bonchev–Trinajstić information content (AvgIpc) is 3.69. The predicted molar refractivity (Wildman–Crippen MR) is 142 cm³/mol. The number of carboxylic acid groups (broad SMARTS) is 1. The summed E-state index contributed by atoms with van der Waals surface area (Å²) in [6.07, 6.45) is 4.76. The lowest BCUT2D eigenvalue weighted by atomic mass is 9.82. The van der Waals surface area contributed by atoms with Crippen molar-refractivity contribution in [3.8, 4) is 16.9 Å². The van der Waals surface area contributed by atoms with Crippen LogP contribution in [0.1, 0.15) is 67.0 Å². The Morgan fingerprint density at radius 3 is 2.59 bits per heavy atom. The number of hydrogen-bond acceptors (Lipinski definition) is 4. The molecule has 2 fully saturated rings. The molecule has 6 rings (SSSR count). The second-order valence-electron chi connectivity index (χ2n) is 10.9. The van der Waals surface area contributed by atoms with E-state index in [0.29, 0.717) is 11.5 Å². The van der Waals surface area contributed by atoms with Gasteiger partial charge in [-0.25, -0.2) is 9.37 Å². The van der Waals surface area contributed by atoms with Crippen molar-refractivity contribution < 1.29 is 19.0 Å². The molecular weight excluding hydrogens is 467 g/mol. The van der Waals surface area contributed by atoms with Gasteiger partial charge in [-0.2, -0.15) is 0 Å². The van der Waals surface area contributed by atoms with E-state index in [1.807, 2.05) is 32.0 Å². The molecule has 1 saturated carbocycles. The van der Waals surface area contributed by atoms with Gasteiger partial charge in [0.25, 0.3) is 0 Å². The lowest BCUT2D eigenvalue weighted by Crippen LogP contribution is -2.38. The second-order valence-corrected chi connectivity index (χ2v) is 10.9. The van der Waals surface area contributed by atoms with E-state index in [1.165, 1.54) is 6.07 Å². The first-order chi connectivity index (χ1) is 17.9. The summed E-state index contributed by atoms with van der Waals surface area (Å²) in [6, 6.07) is 15.4. The van der Waals surface area contributed by atoms with Gasteiger partial charge in [-0.3, -0.25) is 4.79 Å². The second kappa shape index (κ2) is 9.47. The number of rotatable bonds is 7. The van der Waals surface area contributed by atoms with Gasteiger partial charge in [0, 0.05) is 24.2 Å². The summed E-state index contributed by atoms with van der Waals surface area (Å²) in [6.45, 7) is 5.62. The van der Waals surface area contributed by atoms with Gasteiger partial charge in [-0.1, -0.05) is 30.7 Å². The van der Waals surface area contributed by atoms with Crippen molar-refractivity contribution in [2.45, 2.75) is 58.0 Å². The number of aliphatic carboxylic acids is 1. The molecule has 3 heterocycles. The number of anilines is 1. The molecule has 6 heteroatoms. The Morgan fingerprint density at radius 2 is 1.89 bits per heavy atom. The molecule has 0 spiro atoms. The van der Waals surface area contributed by atoms with E-state index >= 15 is 0 Å². The van der Waals surface area contributed by atoms with Crippen molar-refractivity contribution in [3.63, 3.8) is 0 Å². The highest BCUT2D eigenvalue weighted by molar-refractivity contribution is 5.77. The maximum atomic E-state index is 14.8. The fraction of sp³-hybridized carbons (Fsp3) is 0.419. The number of pyridine rings is 1. The third-order valence-corrected chi connectivity index (χ3v) is 8.27. The minimum Gasteiger partial charge on any atom is -0.484 e. The maximum Gasteiger partial charge on any atom is 0.306 e. The number of carboxylic acids is 1. The van der Waals surface area contributed by atoms with Gasteiger partial charge in [0.1, 0.15) is 23.5 Å². The summed E-state index contributed by atoms with van der Waals surface area (Å²) in [5.41, 5.74) is 5.47. The molecule has 0 amide bonds. The number of nitrogens with zero attached hydrogens (tertiary/aromatic N) is 2. The Bertz CT molecular complexity index is 1350. The fourth-order valence-corrected chi connectivity index (χ4v) is 5.85. The first kappa shape index (κ1) is 24.0. The van der Waals surface area contributed by atoms with Crippen LogP contribution in [0.4, 0.5) is 10.2 Å². The van der Waals surface area contributed by atoms with Crippen LogP contribution in [0.25, 0.3) is 11.1 Å². The molecule has 5 nitrogen and oxygen atoms in total. The minimum absolute atomic E-state index is 0.00595. The first-order valence-electron chi connectivity index (χ1n) is 13.4. The number of carbonyl (C=O) groups is 1. The molecule has 192 valence electrons. The van der Waals surface area contributed by atoms with Crippen LogP contribution in [0.15, 0.2) is 48.5 Å². The van der Waals surface area contributed by atoms with Crippen molar-refractivity contribution >= 4 is 11.8 Å². The normalized spacial score (nSPS) is 20.4. The van der Waals surface area contributed by atoms with Gasteiger partial charge >= 0.3 is 5.97 Å². The fourth-order valence-electron chi connectivity index (χ4n) is 5.85. The third-order valence-electron chi connectivity index (χ3n) is 8.27. The lowest BCUT2D eigenvalue weighted by molar-refractivity contribution is -0.142. The quantitative estimate of drug-likeness (QED) is 0.392. The standard InChI is InChI=1S/C31H33FN2O3/c1-18-4-11-25(32)24(16-18)23-10-12-26(33-30(23)34-14-3-15-34)27-13-9-20-5-8-22(17-28(20)37-27)29(21-6-7-21)19(2)31(35)36/h4-5,8,10-12,16-17,19,21,27,29H,3,6-7,9,13-15H2,1-2H3,(H,35,36)/t19-,27?,29-/m0/s1. The van der Waals surface area contributed by atoms with Crippen molar-refractivity contribution in [1.29, 1.82) is 0 Å². The summed E-state index contributed by atoms with van der Waals surface area (Å²) in [4.78, 5) is 19.0. The Hall–Kier alpha value is -3.41. The first-order valence-corrected chi connectivity index (χ1v) is 13.4. The van der Waals surface area contributed by atoms with Crippen LogP contribution in [0, 0.1) is 24.6 Å². The third kappa shape index (κ3) is 4.58. The van der Waals surface area contributed by atoms with Crippen molar-refractivity contribution in [3.05, 3.63) is 76.7 Å². The molecule has 3 aliphatic rings. The molecule has 0 bridgehead atoms. The average molecular weight is 501 g/mol. The Morgan fingerprint density at radius 1 is 1.08 bits per heavy atom. The van der Waals surface area contributed by atoms with Gasteiger partial charge in [-0.15, -0.1) is 0 Å². The van der Waals surface area contributed by atoms with E-state index in [-0.39, 0.29) is 17.8 Å². The summed E-state index contributed by atoms with van der Waals surface area (Å²) >= 11 is 0. The highest BCUT2D eigenvalue weighted by Crippen LogP contribution is 2.48. The maximum absolute atomic E-state index is 14.8. The summed E-state index contributed by atoms with van der Waals surface area (Å²) in [7, 11) is 0. The molecule has 3 atom stereocenters. The molecule has 1 aromatic heterocycles. The molecule has 1 N–H and O–H groups in total.